The number of nitrogens with zero attached hydrogens (tertiary/aromatic N) is 1. The second kappa shape index (κ2) is 5.89. The molecule has 1 atom stereocenters. The highest BCUT2D eigenvalue weighted by molar-refractivity contribution is 4.98. The number of rotatable bonds is 6. The molecule has 0 saturated heterocycles. The minimum atomic E-state index is -0.629. The zero-order chi connectivity index (χ0) is 13.2. The monoisotopic (exact) mass is 254 g/mol. The van der Waals surface area contributed by atoms with Crippen molar-refractivity contribution in [3.8, 4) is 0 Å². The molecule has 0 aliphatic heterocycles. The number of nitrogens with two attached hydrogens (primary N) is 1. The molecule has 2 fully saturated rings. The van der Waals surface area contributed by atoms with E-state index >= 15 is 0 Å². The molecule has 0 amide bonds. The van der Waals surface area contributed by atoms with Crippen LogP contribution in [-0.2, 0) is 0 Å². The molecule has 3 heteroatoms. The van der Waals surface area contributed by atoms with Gasteiger partial charge in [-0.2, -0.15) is 0 Å². The van der Waals surface area contributed by atoms with Crippen LogP contribution in [0.5, 0.6) is 0 Å². The predicted octanol–water partition coefficient (Wildman–Crippen LogP) is 1.99. The fourth-order valence-corrected chi connectivity index (χ4v) is 3.54. The van der Waals surface area contributed by atoms with Gasteiger partial charge in [0, 0.05) is 19.1 Å². The Morgan fingerprint density at radius 3 is 2.22 bits per heavy atom. The van der Waals surface area contributed by atoms with E-state index in [1.54, 1.807) is 0 Å². The molecule has 0 bridgehead atoms. The highest BCUT2D eigenvalue weighted by atomic mass is 16.3. The number of aliphatic hydroxyl groups is 1. The first-order chi connectivity index (χ1) is 8.59. The summed E-state index contributed by atoms with van der Waals surface area (Å²) in [6.07, 6.45) is 8.94. The van der Waals surface area contributed by atoms with Crippen molar-refractivity contribution in [2.75, 3.05) is 20.1 Å². The van der Waals surface area contributed by atoms with Gasteiger partial charge in [0.05, 0.1) is 5.60 Å². The van der Waals surface area contributed by atoms with Crippen molar-refractivity contribution in [1.82, 2.24) is 4.90 Å². The van der Waals surface area contributed by atoms with E-state index in [0.29, 0.717) is 18.5 Å². The Labute approximate surface area is 112 Å². The van der Waals surface area contributed by atoms with Crippen LogP contribution >= 0.6 is 0 Å². The molecule has 1 unspecified atom stereocenters. The molecule has 106 valence electrons. The van der Waals surface area contributed by atoms with Crippen LogP contribution in [0.1, 0.15) is 51.9 Å². The van der Waals surface area contributed by atoms with Gasteiger partial charge in [-0.1, -0.05) is 13.3 Å². The third-order valence-corrected chi connectivity index (χ3v) is 5.23. The lowest BCUT2D eigenvalue weighted by molar-refractivity contribution is -0.0172. The summed E-state index contributed by atoms with van der Waals surface area (Å²) >= 11 is 0. The maximum atomic E-state index is 10.6. The van der Waals surface area contributed by atoms with Crippen LogP contribution in [0.25, 0.3) is 0 Å². The molecule has 2 rings (SSSR count). The molecular formula is C15H30N2O. The summed E-state index contributed by atoms with van der Waals surface area (Å²) in [6, 6.07) is 0.657. The Hall–Kier alpha value is -0.120. The van der Waals surface area contributed by atoms with Crippen molar-refractivity contribution in [3.05, 3.63) is 0 Å². The van der Waals surface area contributed by atoms with Crippen LogP contribution in [-0.4, -0.2) is 41.8 Å². The first kappa shape index (κ1) is 14.3. The van der Waals surface area contributed by atoms with E-state index in [0.717, 1.165) is 25.3 Å². The summed E-state index contributed by atoms with van der Waals surface area (Å²) in [5.41, 5.74) is 5.16. The third-order valence-electron chi connectivity index (χ3n) is 5.23. The third kappa shape index (κ3) is 3.25. The van der Waals surface area contributed by atoms with Crippen molar-refractivity contribution < 1.29 is 5.11 Å². The van der Waals surface area contributed by atoms with E-state index in [9.17, 15) is 5.11 Å². The zero-order valence-electron chi connectivity index (χ0n) is 12.1. The Morgan fingerprint density at radius 2 is 1.78 bits per heavy atom. The number of hydrogen-bond acceptors (Lipinski definition) is 3. The maximum Gasteiger partial charge on any atom is 0.0923 e. The van der Waals surface area contributed by atoms with Crippen LogP contribution in [0.15, 0.2) is 0 Å². The summed E-state index contributed by atoms with van der Waals surface area (Å²) in [5.74, 6) is 1.39. The van der Waals surface area contributed by atoms with Crippen LogP contribution in [0.3, 0.4) is 0 Å². The van der Waals surface area contributed by atoms with E-state index in [4.69, 9.17) is 5.73 Å². The standard InChI is InChI=1S/C15H30N2O/c1-3-12-4-8-14(9-5-12)17(2)11-15(18,10-16)13-6-7-13/h12-14,18H,3-11,16H2,1-2H3. The Kier molecular flexibility index (Phi) is 4.68. The van der Waals surface area contributed by atoms with E-state index in [1.165, 1.54) is 32.1 Å². The van der Waals surface area contributed by atoms with Crippen molar-refractivity contribution in [2.45, 2.75) is 63.5 Å². The second-order valence-corrected chi connectivity index (χ2v) is 6.58. The highest BCUT2D eigenvalue weighted by Crippen LogP contribution is 2.40. The number of likely N-dealkylation sites (N-methyl/N-ethyl adjacent to an activating group) is 1. The largest absolute Gasteiger partial charge is 0.387 e. The zero-order valence-corrected chi connectivity index (χ0v) is 12.1. The molecule has 3 nitrogen and oxygen atoms in total. The lowest BCUT2D eigenvalue weighted by Gasteiger charge is -2.39. The molecule has 2 aliphatic carbocycles. The van der Waals surface area contributed by atoms with Gasteiger partial charge in [-0.15, -0.1) is 0 Å². The van der Waals surface area contributed by atoms with Crippen LogP contribution < -0.4 is 5.73 Å². The molecule has 18 heavy (non-hydrogen) atoms. The average Bonchev–Trinajstić information content (AvgIpc) is 3.23. The molecule has 0 aromatic heterocycles. The Bertz CT molecular complexity index is 259. The summed E-state index contributed by atoms with van der Waals surface area (Å²) < 4.78 is 0. The molecule has 0 aromatic carbocycles. The lowest BCUT2D eigenvalue weighted by atomic mass is 9.83. The van der Waals surface area contributed by atoms with E-state index in [-0.39, 0.29) is 0 Å². The minimum absolute atomic E-state index is 0.409. The van der Waals surface area contributed by atoms with Gasteiger partial charge in [0.2, 0.25) is 0 Å². The highest BCUT2D eigenvalue weighted by Gasteiger charge is 2.44. The minimum Gasteiger partial charge on any atom is -0.387 e. The molecule has 3 N–H and O–H groups in total. The van der Waals surface area contributed by atoms with E-state index < -0.39 is 5.60 Å². The van der Waals surface area contributed by atoms with Gasteiger partial charge in [-0.05, 0) is 57.4 Å². The first-order valence-corrected chi connectivity index (χ1v) is 7.71. The van der Waals surface area contributed by atoms with Gasteiger partial charge in [0.1, 0.15) is 0 Å². The quantitative estimate of drug-likeness (QED) is 0.762. The topological polar surface area (TPSA) is 49.5 Å². The van der Waals surface area contributed by atoms with E-state index in [2.05, 4.69) is 18.9 Å². The van der Waals surface area contributed by atoms with Gasteiger partial charge in [-0.3, -0.25) is 0 Å². The smallest absolute Gasteiger partial charge is 0.0923 e. The molecular weight excluding hydrogens is 224 g/mol. The fraction of sp³-hybridized carbons (Fsp3) is 1.00. The predicted molar refractivity (Wildman–Crippen MR) is 75.4 cm³/mol. The van der Waals surface area contributed by atoms with Crippen molar-refractivity contribution in [2.24, 2.45) is 17.6 Å². The maximum absolute atomic E-state index is 10.6. The van der Waals surface area contributed by atoms with Gasteiger partial charge in [-0.25, -0.2) is 0 Å². The van der Waals surface area contributed by atoms with Crippen molar-refractivity contribution in [3.63, 3.8) is 0 Å². The Morgan fingerprint density at radius 1 is 1.17 bits per heavy atom. The lowest BCUT2D eigenvalue weighted by Crippen LogP contribution is -2.52. The SMILES string of the molecule is CCC1CCC(N(C)CC(O)(CN)C2CC2)CC1. The van der Waals surface area contributed by atoms with Gasteiger partial charge >= 0.3 is 0 Å². The summed E-state index contributed by atoms with van der Waals surface area (Å²) in [7, 11) is 2.17. The van der Waals surface area contributed by atoms with Gasteiger partial charge in [0.25, 0.3) is 0 Å². The molecule has 0 radical (unpaired) electrons. The first-order valence-electron chi connectivity index (χ1n) is 7.71. The summed E-state index contributed by atoms with van der Waals surface area (Å²) in [4.78, 5) is 2.37. The van der Waals surface area contributed by atoms with Crippen molar-refractivity contribution >= 4 is 0 Å². The molecule has 2 aliphatic rings. The molecule has 2 saturated carbocycles. The van der Waals surface area contributed by atoms with Gasteiger partial charge in [0.15, 0.2) is 0 Å². The van der Waals surface area contributed by atoms with Crippen LogP contribution in [0, 0.1) is 11.8 Å². The average molecular weight is 254 g/mol. The number of hydrogen-bond donors (Lipinski definition) is 2. The fourth-order valence-electron chi connectivity index (χ4n) is 3.54. The normalized spacial score (nSPS) is 32.5. The van der Waals surface area contributed by atoms with Gasteiger partial charge < -0.3 is 15.7 Å². The second-order valence-electron chi connectivity index (χ2n) is 6.58. The summed E-state index contributed by atoms with van der Waals surface area (Å²) in [6.45, 7) is 3.47. The van der Waals surface area contributed by atoms with E-state index in [1.807, 2.05) is 0 Å². The molecule has 0 aromatic rings. The molecule has 0 heterocycles. The van der Waals surface area contributed by atoms with Crippen molar-refractivity contribution in [1.29, 1.82) is 0 Å². The summed E-state index contributed by atoms with van der Waals surface area (Å²) in [5, 5.41) is 10.6. The Balaban J connectivity index is 1.82. The molecule has 0 spiro atoms. The van der Waals surface area contributed by atoms with Crippen LogP contribution in [0.2, 0.25) is 0 Å². The van der Waals surface area contributed by atoms with Crippen LogP contribution in [0.4, 0.5) is 0 Å².